The van der Waals surface area contributed by atoms with E-state index in [0.29, 0.717) is 6.54 Å². The molecule has 0 aliphatic rings. The van der Waals surface area contributed by atoms with Gasteiger partial charge in [-0.15, -0.1) is 0 Å². The molecule has 21 heavy (non-hydrogen) atoms. The van der Waals surface area contributed by atoms with Crippen LogP contribution in [0.4, 0.5) is 14.5 Å². The fraction of sp³-hybridized carbons (Fsp3) is 0.188. The third kappa shape index (κ3) is 4.02. The van der Waals surface area contributed by atoms with Crippen molar-refractivity contribution in [3.05, 3.63) is 65.2 Å². The van der Waals surface area contributed by atoms with E-state index in [1.807, 2.05) is 24.3 Å². The average Bonchev–Trinajstić information content (AvgIpc) is 2.47. The molecule has 0 saturated heterocycles. The summed E-state index contributed by atoms with van der Waals surface area (Å²) in [6, 6.07) is 10.7. The Bertz CT molecular complexity index is 644. The standard InChI is InChI=1S/C16H15F2NO2/c1-21-16(20)8-11-4-2-3-5-12(11)10-19-15-7-6-13(17)9-14(15)18/h2-7,9,19H,8,10H2,1H3. The Labute approximate surface area is 121 Å². The fourth-order valence-corrected chi connectivity index (χ4v) is 1.95. The monoisotopic (exact) mass is 291 g/mol. The van der Waals surface area contributed by atoms with Crippen LogP contribution in [0.25, 0.3) is 0 Å². The molecule has 1 N–H and O–H groups in total. The molecule has 0 aromatic heterocycles. The van der Waals surface area contributed by atoms with Crippen LogP contribution in [0.15, 0.2) is 42.5 Å². The molecule has 0 heterocycles. The summed E-state index contributed by atoms with van der Waals surface area (Å²) >= 11 is 0. The van der Waals surface area contributed by atoms with E-state index in [4.69, 9.17) is 0 Å². The zero-order valence-electron chi connectivity index (χ0n) is 11.5. The molecule has 0 spiro atoms. The van der Waals surface area contributed by atoms with Crippen molar-refractivity contribution in [1.82, 2.24) is 0 Å². The van der Waals surface area contributed by atoms with Crippen LogP contribution >= 0.6 is 0 Å². The molecule has 0 aliphatic heterocycles. The Hall–Kier alpha value is -2.43. The van der Waals surface area contributed by atoms with Crippen LogP contribution in [0.1, 0.15) is 11.1 Å². The Morgan fingerprint density at radius 3 is 2.52 bits per heavy atom. The van der Waals surface area contributed by atoms with E-state index in [1.54, 1.807) is 0 Å². The van der Waals surface area contributed by atoms with Gasteiger partial charge in [-0.25, -0.2) is 8.78 Å². The molecular formula is C16H15F2NO2. The molecular weight excluding hydrogens is 276 g/mol. The van der Waals surface area contributed by atoms with Gasteiger partial charge < -0.3 is 10.1 Å². The fourth-order valence-electron chi connectivity index (χ4n) is 1.95. The second-order valence-corrected chi connectivity index (χ2v) is 4.50. The summed E-state index contributed by atoms with van der Waals surface area (Å²) in [6.07, 6.45) is 0.153. The number of halogens is 2. The maximum Gasteiger partial charge on any atom is 0.309 e. The number of hydrogen-bond acceptors (Lipinski definition) is 3. The first-order valence-corrected chi connectivity index (χ1v) is 6.42. The number of esters is 1. The smallest absolute Gasteiger partial charge is 0.309 e. The molecule has 0 radical (unpaired) electrons. The van der Waals surface area contributed by atoms with Crippen molar-refractivity contribution in [1.29, 1.82) is 0 Å². The summed E-state index contributed by atoms with van der Waals surface area (Å²) in [5.41, 5.74) is 1.87. The molecule has 2 aromatic carbocycles. The molecule has 0 fully saturated rings. The minimum atomic E-state index is -0.652. The Morgan fingerprint density at radius 1 is 1.14 bits per heavy atom. The van der Waals surface area contributed by atoms with Crippen LogP contribution in [0.3, 0.4) is 0 Å². The average molecular weight is 291 g/mol. The minimum Gasteiger partial charge on any atom is -0.469 e. The van der Waals surface area contributed by atoms with Crippen LogP contribution < -0.4 is 5.32 Å². The maximum atomic E-state index is 13.5. The molecule has 0 unspecified atom stereocenters. The maximum absolute atomic E-state index is 13.5. The van der Waals surface area contributed by atoms with Gasteiger partial charge in [-0.05, 0) is 23.3 Å². The van der Waals surface area contributed by atoms with E-state index in [2.05, 4.69) is 10.1 Å². The van der Waals surface area contributed by atoms with Gasteiger partial charge >= 0.3 is 5.97 Å². The van der Waals surface area contributed by atoms with Gasteiger partial charge in [0.1, 0.15) is 11.6 Å². The highest BCUT2D eigenvalue weighted by atomic mass is 19.1. The van der Waals surface area contributed by atoms with Gasteiger partial charge in [-0.2, -0.15) is 0 Å². The van der Waals surface area contributed by atoms with Crippen molar-refractivity contribution in [2.75, 3.05) is 12.4 Å². The first-order valence-electron chi connectivity index (χ1n) is 6.42. The predicted molar refractivity (Wildman–Crippen MR) is 75.8 cm³/mol. The summed E-state index contributed by atoms with van der Waals surface area (Å²) < 4.78 is 31.0. The van der Waals surface area contributed by atoms with Crippen molar-refractivity contribution in [3.8, 4) is 0 Å². The van der Waals surface area contributed by atoms with Crippen LogP contribution in [-0.2, 0) is 22.5 Å². The number of hydrogen-bond donors (Lipinski definition) is 1. The van der Waals surface area contributed by atoms with Gasteiger partial charge in [0, 0.05) is 12.6 Å². The number of carbonyl (C=O) groups is 1. The topological polar surface area (TPSA) is 38.3 Å². The Kier molecular flexibility index (Phi) is 4.87. The van der Waals surface area contributed by atoms with E-state index >= 15 is 0 Å². The van der Waals surface area contributed by atoms with E-state index in [1.165, 1.54) is 19.2 Å². The van der Waals surface area contributed by atoms with Crippen LogP contribution in [0.5, 0.6) is 0 Å². The third-order valence-electron chi connectivity index (χ3n) is 3.08. The summed E-state index contributed by atoms with van der Waals surface area (Å²) in [5.74, 6) is -1.61. The molecule has 110 valence electrons. The van der Waals surface area contributed by atoms with Crippen molar-refractivity contribution >= 4 is 11.7 Å². The third-order valence-corrected chi connectivity index (χ3v) is 3.08. The number of methoxy groups -OCH3 is 1. The van der Waals surface area contributed by atoms with E-state index in [-0.39, 0.29) is 18.1 Å². The van der Waals surface area contributed by atoms with Crippen molar-refractivity contribution in [2.45, 2.75) is 13.0 Å². The summed E-state index contributed by atoms with van der Waals surface area (Å²) in [5, 5.41) is 2.89. The summed E-state index contributed by atoms with van der Waals surface area (Å²) in [4.78, 5) is 11.4. The zero-order valence-corrected chi connectivity index (χ0v) is 11.5. The van der Waals surface area contributed by atoms with E-state index in [9.17, 15) is 13.6 Å². The van der Waals surface area contributed by atoms with Gasteiger partial charge in [-0.3, -0.25) is 4.79 Å². The Morgan fingerprint density at radius 2 is 1.86 bits per heavy atom. The second kappa shape index (κ2) is 6.83. The predicted octanol–water partition coefficient (Wildman–Crippen LogP) is 3.29. The zero-order chi connectivity index (χ0) is 15.2. The molecule has 0 bridgehead atoms. The number of ether oxygens (including phenoxy) is 1. The van der Waals surface area contributed by atoms with Crippen LogP contribution in [0, 0.1) is 11.6 Å². The molecule has 0 aliphatic carbocycles. The molecule has 0 atom stereocenters. The summed E-state index contributed by atoms with van der Waals surface area (Å²) in [6.45, 7) is 0.329. The molecule has 5 heteroatoms. The number of carbonyl (C=O) groups excluding carboxylic acids is 1. The van der Waals surface area contributed by atoms with Crippen molar-refractivity contribution in [3.63, 3.8) is 0 Å². The minimum absolute atomic E-state index is 0.153. The lowest BCUT2D eigenvalue weighted by atomic mass is 10.0. The SMILES string of the molecule is COC(=O)Cc1ccccc1CNc1ccc(F)cc1F. The van der Waals surface area contributed by atoms with Crippen molar-refractivity contribution < 1.29 is 18.3 Å². The number of benzene rings is 2. The van der Waals surface area contributed by atoms with Crippen molar-refractivity contribution in [2.24, 2.45) is 0 Å². The lowest BCUT2D eigenvalue weighted by Crippen LogP contribution is -2.09. The number of rotatable bonds is 5. The highest BCUT2D eigenvalue weighted by molar-refractivity contribution is 5.72. The normalized spacial score (nSPS) is 10.2. The van der Waals surface area contributed by atoms with Crippen LogP contribution in [-0.4, -0.2) is 13.1 Å². The second-order valence-electron chi connectivity index (χ2n) is 4.50. The largest absolute Gasteiger partial charge is 0.469 e. The van der Waals surface area contributed by atoms with E-state index in [0.717, 1.165) is 17.2 Å². The lowest BCUT2D eigenvalue weighted by molar-refractivity contribution is -0.139. The van der Waals surface area contributed by atoms with Gasteiger partial charge in [0.25, 0.3) is 0 Å². The van der Waals surface area contributed by atoms with Gasteiger partial charge in [0.2, 0.25) is 0 Å². The molecule has 0 amide bonds. The molecule has 0 saturated carbocycles. The highest BCUT2D eigenvalue weighted by Gasteiger charge is 2.09. The van der Waals surface area contributed by atoms with Crippen LogP contribution in [0.2, 0.25) is 0 Å². The first kappa shape index (κ1) is 15.0. The molecule has 2 rings (SSSR count). The first-order chi connectivity index (χ1) is 10.1. The highest BCUT2D eigenvalue weighted by Crippen LogP contribution is 2.17. The quantitative estimate of drug-likeness (QED) is 0.859. The molecule has 3 nitrogen and oxygen atoms in total. The van der Waals surface area contributed by atoms with Gasteiger partial charge in [-0.1, -0.05) is 24.3 Å². The number of anilines is 1. The Balaban J connectivity index is 2.11. The van der Waals surface area contributed by atoms with E-state index < -0.39 is 11.6 Å². The van der Waals surface area contributed by atoms with Gasteiger partial charge in [0.15, 0.2) is 0 Å². The number of nitrogens with one attached hydrogen (secondary N) is 1. The molecule has 2 aromatic rings. The van der Waals surface area contributed by atoms with Gasteiger partial charge in [0.05, 0.1) is 19.2 Å². The summed E-state index contributed by atoms with van der Waals surface area (Å²) in [7, 11) is 1.33. The lowest BCUT2D eigenvalue weighted by Gasteiger charge is -2.11.